The molecule has 0 spiro atoms. The summed E-state index contributed by atoms with van der Waals surface area (Å²) < 4.78 is 5.48. The molecule has 23 heavy (non-hydrogen) atoms. The maximum Gasteiger partial charge on any atom is 0.313 e. The van der Waals surface area contributed by atoms with Gasteiger partial charge in [-0.25, -0.2) is 0 Å². The number of anilines is 1. The number of carboxylic acids is 1. The molecular weight excluding hydrogens is 290 g/mol. The molecule has 0 aromatic heterocycles. The summed E-state index contributed by atoms with van der Waals surface area (Å²) >= 11 is 0. The number of rotatable bonds is 4. The average Bonchev–Trinajstić information content (AvgIpc) is 2.55. The number of carbonyl (C=O) groups is 1. The van der Waals surface area contributed by atoms with Gasteiger partial charge in [-0.15, -0.1) is 0 Å². The first kappa shape index (κ1) is 15.2. The summed E-state index contributed by atoms with van der Waals surface area (Å²) in [6, 6.07) is 11.8. The van der Waals surface area contributed by atoms with Gasteiger partial charge in [-0.2, -0.15) is 0 Å². The van der Waals surface area contributed by atoms with Crippen LogP contribution in [-0.2, 0) is 4.79 Å². The largest absolute Gasteiger partial charge is 0.495 e. The molecule has 4 heteroatoms. The minimum atomic E-state index is -0.861. The summed E-state index contributed by atoms with van der Waals surface area (Å²) in [7, 11) is 1.61. The number of methoxy groups -OCH3 is 1. The highest BCUT2D eigenvalue weighted by Gasteiger charge is 2.37. The van der Waals surface area contributed by atoms with Gasteiger partial charge in [0.15, 0.2) is 0 Å². The highest BCUT2D eigenvalue weighted by atomic mass is 16.5. The highest BCUT2D eigenvalue weighted by molar-refractivity contribution is 5.97. The fourth-order valence-corrected chi connectivity index (χ4v) is 3.01. The predicted octanol–water partition coefficient (Wildman–Crippen LogP) is 3.85. The van der Waals surface area contributed by atoms with Crippen LogP contribution in [0.1, 0.15) is 6.92 Å². The highest BCUT2D eigenvalue weighted by Crippen LogP contribution is 2.38. The zero-order valence-corrected chi connectivity index (χ0v) is 13.1. The van der Waals surface area contributed by atoms with Crippen molar-refractivity contribution in [3.8, 4) is 5.75 Å². The first-order chi connectivity index (χ1) is 11.0. The number of hydrogen-bond donors (Lipinski definition) is 2. The molecule has 0 radical (unpaired) electrons. The Balaban J connectivity index is 2.11. The van der Waals surface area contributed by atoms with Crippen LogP contribution in [0.15, 0.2) is 60.7 Å². The zero-order valence-electron chi connectivity index (χ0n) is 13.1. The van der Waals surface area contributed by atoms with Crippen molar-refractivity contribution in [2.45, 2.75) is 12.5 Å². The van der Waals surface area contributed by atoms with E-state index in [1.54, 1.807) is 19.3 Å². The van der Waals surface area contributed by atoms with Crippen molar-refractivity contribution >= 4 is 22.4 Å². The number of aliphatic carboxylic acids is 1. The third-order valence-electron chi connectivity index (χ3n) is 4.27. The van der Waals surface area contributed by atoms with Crippen molar-refractivity contribution in [3.05, 3.63) is 60.7 Å². The van der Waals surface area contributed by atoms with E-state index in [9.17, 15) is 9.90 Å². The Bertz CT molecular complexity index is 809. The molecule has 2 aromatic carbocycles. The standard InChI is InChI=1S/C19H19NO3/c1-19(12-6-5-9-15(19)18(21)22)20-17-14-8-4-3-7-13(14)10-11-16(17)23-2/h3-12,15,20H,1-2H3,(H,21,22). The summed E-state index contributed by atoms with van der Waals surface area (Å²) in [5.74, 6) is -0.826. The Morgan fingerprint density at radius 1 is 1.22 bits per heavy atom. The van der Waals surface area contributed by atoms with Gasteiger partial charge in [-0.05, 0) is 18.4 Å². The van der Waals surface area contributed by atoms with Gasteiger partial charge >= 0.3 is 5.97 Å². The summed E-state index contributed by atoms with van der Waals surface area (Å²) in [5.41, 5.74) is 0.0668. The van der Waals surface area contributed by atoms with Crippen LogP contribution in [0.3, 0.4) is 0 Å². The Kier molecular flexibility index (Phi) is 3.82. The smallest absolute Gasteiger partial charge is 0.313 e. The van der Waals surface area contributed by atoms with Crippen molar-refractivity contribution in [1.82, 2.24) is 0 Å². The molecule has 3 rings (SSSR count). The number of fused-ring (bicyclic) bond motifs is 1. The van der Waals surface area contributed by atoms with Crippen LogP contribution >= 0.6 is 0 Å². The van der Waals surface area contributed by atoms with Gasteiger partial charge in [-0.1, -0.05) is 54.6 Å². The molecule has 2 atom stereocenters. The zero-order chi connectivity index (χ0) is 16.4. The summed E-state index contributed by atoms with van der Waals surface area (Å²) in [4.78, 5) is 11.6. The Morgan fingerprint density at radius 3 is 2.74 bits per heavy atom. The van der Waals surface area contributed by atoms with Crippen LogP contribution in [0.25, 0.3) is 10.8 Å². The fraction of sp³-hybridized carbons (Fsp3) is 0.211. The maximum atomic E-state index is 11.6. The van der Waals surface area contributed by atoms with Gasteiger partial charge in [0.25, 0.3) is 0 Å². The van der Waals surface area contributed by atoms with Crippen LogP contribution in [0, 0.1) is 5.92 Å². The van der Waals surface area contributed by atoms with E-state index in [1.807, 2.05) is 55.5 Å². The molecular formula is C19H19NO3. The van der Waals surface area contributed by atoms with Crippen molar-refractivity contribution in [2.24, 2.45) is 5.92 Å². The minimum absolute atomic E-state index is 0.656. The molecule has 1 aliphatic rings. The molecule has 118 valence electrons. The van der Waals surface area contributed by atoms with Crippen molar-refractivity contribution in [3.63, 3.8) is 0 Å². The molecule has 1 aliphatic carbocycles. The van der Waals surface area contributed by atoms with E-state index in [4.69, 9.17) is 4.74 Å². The molecule has 0 amide bonds. The van der Waals surface area contributed by atoms with E-state index in [0.29, 0.717) is 5.75 Å². The molecule has 0 saturated heterocycles. The molecule has 0 bridgehead atoms. The van der Waals surface area contributed by atoms with E-state index in [-0.39, 0.29) is 0 Å². The topological polar surface area (TPSA) is 58.6 Å². The summed E-state index contributed by atoms with van der Waals surface area (Å²) in [6.45, 7) is 1.88. The third kappa shape index (κ3) is 2.68. The molecule has 0 saturated carbocycles. The van der Waals surface area contributed by atoms with Crippen LogP contribution < -0.4 is 10.1 Å². The van der Waals surface area contributed by atoms with E-state index in [0.717, 1.165) is 16.5 Å². The fourth-order valence-electron chi connectivity index (χ4n) is 3.01. The lowest BCUT2D eigenvalue weighted by molar-refractivity contribution is -0.141. The second kappa shape index (κ2) is 5.80. The Hall–Kier alpha value is -2.75. The molecule has 2 aromatic rings. The molecule has 4 nitrogen and oxygen atoms in total. The molecule has 0 heterocycles. The van der Waals surface area contributed by atoms with Crippen LogP contribution in [-0.4, -0.2) is 23.7 Å². The summed E-state index contributed by atoms with van der Waals surface area (Å²) in [6.07, 6.45) is 7.21. The Morgan fingerprint density at radius 2 is 2.00 bits per heavy atom. The van der Waals surface area contributed by atoms with Crippen LogP contribution in [0.2, 0.25) is 0 Å². The van der Waals surface area contributed by atoms with Crippen LogP contribution in [0.4, 0.5) is 5.69 Å². The van der Waals surface area contributed by atoms with Gasteiger partial charge < -0.3 is 15.2 Å². The lowest BCUT2D eigenvalue weighted by Gasteiger charge is -2.35. The van der Waals surface area contributed by atoms with Crippen molar-refractivity contribution in [1.29, 1.82) is 0 Å². The lowest BCUT2D eigenvalue weighted by Crippen LogP contribution is -2.45. The first-order valence-corrected chi connectivity index (χ1v) is 7.48. The number of ether oxygens (including phenoxy) is 1. The number of carboxylic acid groups (broad SMARTS) is 1. The maximum absolute atomic E-state index is 11.6. The second-order valence-electron chi connectivity index (χ2n) is 5.83. The van der Waals surface area contributed by atoms with Gasteiger partial charge in [0.05, 0.1) is 18.3 Å². The quantitative estimate of drug-likeness (QED) is 0.901. The summed E-state index contributed by atoms with van der Waals surface area (Å²) in [5, 5.41) is 15.0. The number of nitrogens with one attached hydrogen (secondary N) is 1. The van der Waals surface area contributed by atoms with Crippen molar-refractivity contribution in [2.75, 3.05) is 12.4 Å². The van der Waals surface area contributed by atoms with E-state index in [2.05, 4.69) is 5.32 Å². The normalized spacial score (nSPS) is 23.0. The first-order valence-electron chi connectivity index (χ1n) is 7.48. The molecule has 2 N–H and O–H groups in total. The lowest BCUT2D eigenvalue weighted by atomic mass is 9.81. The number of allylic oxidation sites excluding steroid dienone is 2. The monoisotopic (exact) mass is 309 g/mol. The Labute approximate surface area is 135 Å². The SMILES string of the molecule is COc1ccc2ccccc2c1NC1(C)C=CC=CC1C(=O)O. The van der Waals surface area contributed by atoms with E-state index >= 15 is 0 Å². The van der Waals surface area contributed by atoms with Gasteiger partial charge in [0.2, 0.25) is 0 Å². The number of benzene rings is 2. The van der Waals surface area contributed by atoms with E-state index in [1.165, 1.54) is 0 Å². The molecule has 2 unspecified atom stereocenters. The minimum Gasteiger partial charge on any atom is -0.495 e. The molecule has 0 aliphatic heterocycles. The second-order valence-corrected chi connectivity index (χ2v) is 5.83. The molecule has 0 fully saturated rings. The van der Waals surface area contributed by atoms with Gasteiger partial charge in [0, 0.05) is 5.39 Å². The third-order valence-corrected chi connectivity index (χ3v) is 4.27. The average molecular weight is 309 g/mol. The van der Waals surface area contributed by atoms with Gasteiger partial charge in [-0.3, -0.25) is 4.79 Å². The van der Waals surface area contributed by atoms with E-state index < -0.39 is 17.4 Å². The predicted molar refractivity (Wildman–Crippen MR) is 91.9 cm³/mol. The van der Waals surface area contributed by atoms with Crippen molar-refractivity contribution < 1.29 is 14.6 Å². The van der Waals surface area contributed by atoms with Crippen LogP contribution in [0.5, 0.6) is 5.75 Å². The van der Waals surface area contributed by atoms with Gasteiger partial charge in [0.1, 0.15) is 11.7 Å². The number of hydrogen-bond acceptors (Lipinski definition) is 3.